The molecule has 0 bridgehead atoms. The van der Waals surface area contributed by atoms with Crippen molar-refractivity contribution in [2.24, 2.45) is 0 Å². The van der Waals surface area contributed by atoms with Crippen LogP contribution in [0, 0.1) is 0 Å². The lowest BCUT2D eigenvalue weighted by Crippen LogP contribution is -2.30. The minimum Gasteiger partial charge on any atom is -0.354 e. The molecule has 0 aliphatic rings. The predicted molar refractivity (Wildman–Crippen MR) is 53.7 cm³/mol. The number of carbonyl (C=O) groups is 1. The summed E-state index contributed by atoms with van der Waals surface area (Å²) < 4.78 is 35.9. The minimum absolute atomic E-state index is 0.0232. The number of anilines is 2. The first kappa shape index (κ1) is 13.4. The molecular formula is C7H7ClF3N5O. The van der Waals surface area contributed by atoms with Crippen molar-refractivity contribution in [3.05, 3.63) is 5.28 Å². The number of nitrogens with one attached hydrogen (secondary N) is 2. The molecular weight excluding hydrogens is 263 g/mol. The molecule has 0 aromatic carbocycles. The number of amides is 1. The smallest absolute Gasteiger partial charge is 0.354 e. The second-order valence-electron chi connectivity index (χ2n) is 2.73. The van der Waals surface area contributed by atoms with Gasteiger partial charge in [-0.05, 0) is 18.5 Å². The summed E-state index contributed by atoms with van der Waals surface area (Å²) in [6.45, 7) is 2.17. The molecule has 1 amide bonds. The molecule has 10 heteroatoms. The highest BCUT2D eigenvalue weighted by Crippen LogP contribution is 2.17. The summed E-state index contributed by atoms with van der Waals surface area (Å²) in [5, 5.41) is 3.77. The Morgan fingerprint density at radius 3 is 2.41 bits per heavy atom. The van der Waals surface area contributed by atoms with Crippen molar-refractivity contribution in [1.29, 1.82) is 0 Å². The molecule has 0 spiro atoms. The van der Waals surface area contributed by atoms with E-state index in [9.17, 15) is 18.0 Å². The first-order chi connectivity index (χ1) is 7.82. The number of aromatic nitrogens is 3. The van der Waals surface area contributed by atoms with Gasteiger partial charge in [-0.25, -0.2) is 0 Å². The number of nitrogens with zero attached hydrogens (tertiary/aromatic N) is 3. The monoisotopic (exact) mass is 269 g/mol. The van der Waals surface area contributed by atoms with E-state index < -0.39 is 18.0 Å². The third-order valence-electron chi connectivity index (χ3n) is 1.43. The van der Waals surface area contributed by atoms with Crippen molar-refractivity contribution in [2.45, 2.75) is 13.1 Å². The van der Waals surface area contributed by atoms with Crippen LogP contribution < -0.4 is 10.6 Å². The maximum absolute atomic E-state index is 12.0. The standard InChI is InChI=1S/C7H7ClF3N5O/c1-2-12-5-14-4(8)15-6(16-5)13-3(17)7(9,10)11/h2H2,1H3,(H2,12,13,14,15,16,17). The van der Waals surface area contributed by atoms with E-state index in [2.05, 4.69) is 20.3 Å². The summed E-state index contributed by atoms with van der Waals surface area (Å²) >= 11 is 5.45. The Labute approximate surface area is 98.6 Å². The summed E-state index contributed by atoms with van der Waals surface area (Å²) in [6.07, 6.45) is -5.02. The van der Waals surface area contributed by atoms with Crippen LogP contribution in [0.15, 0.2) is 0 Å². The number of halogens is 4. The molecule has 0 aliphatic carbocycles. The molecule has 1 aromatic rings. The second-order valence-corrected chi connectivity index (χ2v) is 3.07. The van der Waals surface area contributed by atoms with Gasteiger partial charge in [0.25, 0.3) is 0 Å². The lowest BCUT2D eigenvalue weighted by molar-refractivity contribution is -0.167. The Hall–Kier alpha value is -1.64. The molecule has 2 N–H and O–H groups in total. The molecule has 0 saturated heterocycles. The highest BCUT2D eigenvalue weighted by atomic mass is 35.5. The zero-order valence-corrected chi connectivity index (χ0v) is 9.22. The normalized spacial score (nSPS) is 11.1. The van der Waals surface area contributed by atoms with Crippen molar-refractivity contribution in [3.8, 4) is 0 Å². The van der Waals surface area contributed by atoms with E-state index in [0.717, 1.165) is 0 Å². The van der Waals surface area contributed by atoms with Gasteiger partial charge in [0.1, 0.15) is 0 Å². The first-order valence-corrected chi connectivity index (χ1v) is 4.74. The molecule has 0 unspecified atom stereocenters. The quantitative estimate of drug-likeness (QED) is 0.868. The van der Waals surface area contributed by atoms with Crippen molar-refractivity contribution in [1.82, 2.24) is 15.0 Å². The molecule has 0 radical (unpaired) electrons. The summed E-state index contributed by atoms with van der Waals surface area (Å²) in [6, 6.07) is 0. The molecule has 17 heavy (non-hydrogen) atoms. The van der Waals surface area contributed by atoms with Crippen LogP contribution in [0.3, 0.4) is 0 Å². The zero-order valence-electron chi connectivity index (χ0n) is 8.47. The predicted octanol–water partition coefficient (Wildman–Crippen LogP) is 1.46. The average Bonchev–Trinajstić information content (AvgIpc) is 2.15. The van der Waals surface area contributed by atoms with Gasteiger partial charge in [0.15, 0.2) is 0 Å². The molecule has 0 fully saturated rings. The van der Waals surface area contributed by atoms with Gasteiger partial charge in [-0.3, -0.25) is 10.1 Å². The molecule has 1 rings (SSSR count). The third kappa shape index (κ3) is 4.02. The molecule has 6 nitrogen and oxygen atoms in total. The first-order valence-electron chi connectivity index (χ1n) is 4.36. The highest BCUT2D eigenvalue weighted by Gasteiger charge is 2.39. The summed E-state index contributed by atoms with van der Waals surface area (Å²) in [5.74, 6) is -2.77. The van der Waals surface area contributed by atoms with E-state index in [1.165, 1.54) is 5.32 Å². The zero-order chi connectivity index (χ0) is 13.1. The van der Waals surface area contributed by atoms with Crippen LogP contribution >= 0.6 is 11.6 Å². The van der Waals surface area contributed by atoms with E-state index >= 15 is 0 Å². The molecule has 0 atom stereocenters. The Morgan fingerprint density at radius 2 is 1.88 bits per heavy atom. The maximum Gasteiger partial charge on any atom is 0.471 e. The van der Waals surface area contributed by atoms with Gasteiger partial charge in [0, 0.05) is 6.54 Å². The van der Waals surface area contributed by atoms with Gasteiger partial charge in [-0.2, -0.15) is 28.1 Å². The Balaban J connectivity index is 2.88. The van der Waals surface area contributed by atoms with E-state index in [0.29, 0.717) is 6.54 Å². The molecule has 1 aromatic heterocycles. The number of hydrogen-bond donors (Lipinski definition) is 2. The van der Waals surface area contributed by atoms with E-state index in [-0.39, 0.29) is 11.2 Å². The topological polar surface area (TPSA) is 79.8 Å². The average molecular weight is 270 g/mol. The van der Waals surface area contributed by atoms with Crippen LogP contribution in [0.5, 0.6) is 0 Å². The van der Waals surface area contributed by atoms with Gasteiger partial charge >= 0.3 is 12.1 Å². The van der Waals surface area contributed by atoms with Gasteiger partial charge < -0.3 is 5.32 Å². The van der Waals surface area contributed by atoms with Crippen molar-refractivity contribution >= 4 is 29.4 Å². The molecule has 0 aliphatic heterocycles. The van der Waals surface area contributed by atoms with Crippen LogP contribution in [0.2, 0.25) is 5.28 Å². The second kappa shape index (κ2) is 5.13. The van der Waals surface area contributed by atoms with Gasteiger partial charge in [-0.1, -0.05) is 0 Å². The van der Waals surface area contributed by atoms with Crippen LogP contribution in [0.4, 0.5) is 25.1 Å². The summed E-state index contributed by atoms with van der Waals surface area (Å²) in [4.78, 5) is 21.1. The van der Waals surface area contributed by atoms with Crippen LogP contribution in [-0.2, 0) is 4.79 Å². The third-order valence-corrected chi connectivity index (χ3v) is 1.59. The van der Waals surface area contributed by atoms with Crippen LogP contribution in [0.25, 0.3) is 0 Å². The fourth-order valence-corrected chi connectivity index (χ4v) is 0.976. The highest BCUT2D eigenvalue weighted by molar-refractivity contribution is 6.28. The Bertz CT molecular complexity index is 424. The van der Waals surface area contributed by atoms with Gasteiger partial charge in [0.2, 0.25) is 17.2 Å². The minimum atomic E-state index is -5.02. The van der Waals surface area contributed by atoms with Gasteiger partial charge in [-0.15, -0.1) is 0 Å². The number of alkyl halides is 3. The number of rotatable bonds is 3. The van der Waals surface area contributed by atoms with Crippen LogP contribution in [0.1, 0.15) is 6.92 Å². The molecule has 0 saturated carbocycles. The number of hydrogen-bond acceptors (Lipinski definition) is 5. The summed E-state index contributed by atoms with van der Waals surface area (Å²) in [7, 11) is 0. The maximum atomic E-state index is 12.0. The van der Waals surface area contributed by atoms with Gasteiger partial charge in [0.05, 0.1) is 0 Å². The van der Waals surface area contributed by atoms with Crippen molar-refractivity contribution in [3.63, 3.8) is 0 Å². The summed E-state index contributed by atoms with van der Waals surface area (Å²) in [5.41, 5.74) is 0. The Morgan fingerprint density at radius 1 is 1.29 bits per heavy atom. The fraction of sp³-hybridized carbons (Fsp3) is 0.429. The largest absolute Gasteiger partial charge is 0.471 e. The van der Waals surface area contributed by atoms with Crippen molar-refractivity contribution in [2.75, 3.05) is 17.2 Å². The van der Waals surface area contributed by atoms with E-state index in [4.69, 9.17) is 11.6 Å². The number of carbonyl (C=O) groups excluding carboxylic acids is 1. The van der Waals surface area contributed by atoms with E-state index in [1.54, 1.807) is 6.92 Å². The SMILES string of the molecule is CCNc1nc(Cl)nc(NC(=O)C(F)(F)F)n1. The lowest BCUT2D eigenvalue weighted by Gasteiger charge is -2.07. The molecule has 1 heterocycles. The van der Waals surface area contributed by atoms with E-state index in [1.807, 2.05) is 0 Å². The van der Waals surface area contributed by atoms with Crippen molar-refractivity contribution < 1.29 is 18.0 Å². The fourth-order valence-electron chi connectivity index (χ4n) is 0.816. The van der Waals surface area contributed by atoms with Crippen LogP contribution in [-0.4, -0.2) is 33.6 Å². The Kier molecular flexibility index (Phi) is 4.05. The molecule has 94 valence electrons. The lowest BCUT2D eigenvalue weighted by atomic mass is 10.6.